The second-order valence-corrected chi connectivity index (χ2v) is 6.45. The number of phenolic OH excluding ortho intramolecular Hbond substituents is 1. The third kappa shape index (κ3) is 4.28. The summed E-state index contributed by atoms with van der Waals surface area (Å²) < 4.78 is 13.3. The standard InChI is InChI=1S/C21H25FN2O2/c1-5-8-17(22)10-7-6-9-14(2)11-15-12-16-13-24(4)21(26)18(16)20(25)19(15)23-3/h7-8,10-12,25H,3,5-6,9,13H2,1-2,4H3/b10-7-,14-11+,17-8+. The van der Waals surface area contributed by atoms with Gasteiger partial charge in [0.2, 0.25) is 0 Å². The predicted molar refractivity (Wildman–Crippen MR) is 105 cm³/mol. The zero-order valence-corrected chi connectivity index (χ0v) is 15.6. The van der Waals surface area contributed by atoms with E-state index in [9.17, 15) is 14.3 Å². The van der Waals surface area contributed by atoms with Crippen LogP contribution in [0.3, 0.4) is 0 Å². The van der Waals surface area contributed by atoms with E-state index in [1.54, 1.807) is 18.0 Å². The lowest BCUT2D eigenvalue weighted by Gasteiger charge is -2.09. The number of fused-ring (bicyclic) bond motifs is 1. The highest BCUT2D eigenvalue weighted by atomic mass is 19.1. The Hall–Kier alpha value is -2.69. The fraction of sp³-hybridized carbons (Fsp3) is 0.333. The van der Waals surface area contributed by atoms with Crippen LogP contribution in [0.15, 0.2) is 40.7 Å². The number of hydrogen-bond acceptors (Lipinski definition) is 3. The van der Waals surface area contributed by atoms with Crippen molar-refractivity contribution in [2.24, 2.45) is 4.99 Å². The lowest BCUT2D eigenvalue weighted by atomic mass is 9.99. The number of hydrogen-bond donors (Lipinski definition) is 1. The van der Waals surface area contributed by atoms with Crippen LogP contribution in [-0.2, 0) is 6.54 Å². The van der Waals surface area contributed by atoms with E-state index in [4.69, 9.17) is 0 Å². The van der Waals surface area contributed by atoms with Gasteiger partial charge in [-0.15, -0.1) is 0 Å². The Labute approximate surface area is 154 Å². The minimum atomic E-state index is -0.218. The van der Waals surface area contributed by atoms with Crippen molar-refractivity contribution in [2.75, 3.05) is 7.05 Å². The Bertz CT molecular complexity index is 807. The number of allylic oxidation sites excluding steroid dienone is 5. The first-order chi connectivity index (χ1) is 12.4. The van der Waals surface area contributed by atoms with Crippen molar-refractivity contribution in [1.29, 1.82) is 0 Å². The number of halogens is 1. The zero-order chi connectivity index (χ0) is 19.3. The molecule has 0 aliphatic carbocycles. The lowest BCUT2D eigenvalue weighted by molar-refractivity contribution is 0.0814. The van der Waals surface area contributed by atoms with Gasteiger partial charge in [-0.1, -0.05) is 24.6 Å². The Morgan fingerprint density at radius 2 is 2.23 bits per heavy atom. The summed E-state index contributed by atoms with van der Waals surface area (Å²) in [5, 5.41) is 10.4. The first kappa shape index (κ1) is 19.6. The summed E-state index contributed by atoms with van der Waals surface area (Å²) in [6.07, 6.45) is 8.89. The molecule has 1 aromatic rings. The minimum absolute atomic E-state index is 0.113. The van der Waals surface area contributed by atoms with Crippen LogP contribution < -0.4 is 0 Å². The van der Waals surface area contributed by atoms with Gasteiger partial charge in [-0.05, 0) is 56.7 Å². The van der Waals surface area contributed by atoms with Crippen LogP contribution in [0.1, 0.15) is 54.6 Å². The van der Waals surface area contributed by atoms with Crippen LogP contribution in [0.4, 0.5) is 10.1 Å². The first-order valence-electron chi connectivity index (χ1n) is 8.69. The molecule has 1 aliphatic rings. The van der Waals surface area contributed by atoms with Gasteiger partial charge in [-0.2, -0.15) is 0 Å². The summed E-state index contributed by atoms with van der Waals surface area (Å²) in [6.45, 7) is 7.85. The molecule has 0 atom stereocenters. The molecule has 0 aromatic heterocycles. The van der Waals surface area contributed by atoms with E-state index in [2.05, 4.69) is 11.7 Å². The maximum absolute atomic E-state index is 13.3. The van der Waals surface area contributed by atoms with Crippen LogP contribution >= 0.6 is 0 Å². The molecule has 2 rings (SSSR count). The predicted octanol–water partition coefficient (Wildman–Crippen LogP) is 5.31. The van der Waals surface area contributed by atoms with Gasteiger partial charge in [0.25, 0.3) is 5.91 Å². The molecule has 0 unspecified atom stereocenters. The van der Waals surface area contributed by atoms with Gasteiger partial charge in [0, 0.05) is 19.2 Å². The van der Waals surface area contributed by atoms with Crippen LogP contribution in [-0.4, -0.2) is 29.7 Å². The SMILES string of the molecule is C=Nc1c(/C=C(\C)CC/C=C\C(F)=C/CC)cc2c(c1O)C(=O)N(C)C2. The minimum Gasteiger partial charge on any atom is -0.505 e. The molecule has 1 heterocycles. The van der Waals surface area contributed by atoms with Gasteiger partial charge < -0.3 is 10.0 Å². The lowest BCUT2D eigenvalue weighted by Crippen LogP contribution is -2.17. The normalized spacial score (nSPS) is 15.1. The number of aliphatic imine (C=N–C) groups is 1. The van der Waals surface area contributed by atoms with Crippen molar-refractivity contribution in [3.05, 3.63) is 52.4 Å². The maximum Gasteiger partial charge on any atom is 0.258 e. The number of carbonyl (C=O) groups is 1. The van der Waals surface area contributed by atoms with Gasteiger partial charge in [0.05, 0.1) is 5.56 Å². The Balaban J connectivity index is 2.21. The van der Waals surface area contributed by atoms with Gasteiger partial charge >= 0.3 is 0 Å². The molecule has 0 fully saturated rings. The van der Waals surface area contributed by atoms with E-state index in [0.717, 1.165) is 23.1 Å². The van der Waals surface area contributed by atoms with Crippen molar-refractivity contribution >= 4 is 24.4 Å². The molecule has 4 nitrogen and oxygen atoms in total. The first-order valence-corrected chi connectivity index (χ1v) is 8.69. The van der Waals surface area contributed by atoms with Crippen molar-refractivity contribution in [3.8, 4) is 5.75 Å². The quantitative estimate of drug-likeness (QED) is 0.531. The number of nitrogens with zero attached hydrogens (tertiary/aromatic N) is 2. The molecule has 1 N–H and O–H groups in total. The smallest absolute Gasteiger partial charge is 0.258 e. The van der Waals surface area contributed by atoms with E-state index in [0.29, 0.717) is 30.6 Å². The summed E-state index contributed by atoms with van der Waals surface area (Å²) in [4.78, 5) is 17.6. The second kappa shape index (κ2) is 8.61. The van der Waals surface area contributed by atoms with Crippen LogP contribution in [0.5, 0.6) is 5.75 Å². The summed E-state index contributed by atoms with van der Waals surface area (Å²) in [6, 6.07) is 1.88. The van der Waals surface area contributed by atoms with E-state index in [-0.39, 0.29) is 17.5 Å². The van der Waals surface area contributed by atoms with Crippen molar-refractivity contribution in [2.45, 2.75) is 39.7 Å². The Kier molecular flexibility index (Phi) is 6.50. The number of amides is 1. The van der Waals surface area contributed by atoms with Crippen LogP contribution in [0.2, 0.25) is 0 Å². The topological polar surface area (TPSA) is 52.9 Å². The largest absolute Gasteiger partial charge is 0.505 e. The molecule has 26 heavy (non-hydrogen) atoms. The number of aromatic hydroxyl groups is 1. The van der Waals surface area contributed by atoms with Gasteiger partial charge in [0.15, 0.2) is 5.75 Å². The van der Waals surface area contributed by atoms with E-state index >= 15 is 0 Å². The molecular weight excluding hydrogens is 331 g/mol. The number of benzene rings is 1. The van der Waals surface area contributed by atoms with Gasteiger partial charge in [-0.3, -0.25) is 9.79 Å². The van der Waals surface area contributed by atoms with Gasteiger partial charge in [0.1, 0.15) is 11.5 Å². The molecule has 0 radical (unpaired) electrons. The molecular formula is C21H25FN2O2. The maximum atomic E-state index is 13.3. The molecule has 1 amide bonds. The van der Waals surface area contributed by atoms with Crippen LogP contribution in [0, 0.1) is 0 Å². The number of carbonyl (C=O) groups excluding carboxylic acids is 1. The second-order valence-electron chi connectivity index (χ2n) is 6.45. The van der Waals surface area contributed by atoms with Gasteiger partial charge in [-0.25, -0.2) is 4.39 Å². The van der Waals surface area contributed by atoms with Crippen molar-refractivity contribution < 1.29 is 14.3 Å². The number of phenols is 1. The molecule has 1 aliphatic heterocycles. The van der Waals surface area contributed by atoms with Crippen LogP contribution in [0.25, 0.3) is 6.08 Å². The molecule has 0 bridgehead atoms. The summed E-state index contributed by atoms with van der Waals surface area (Å²) in [5.41, 5.74) is 3.22. The van der Waals surface area contributed by atoms with Crippen molar-refractivity contribution in [3.63, 3.8) is 0 Å². The third-order valence-electron chi connectivity index (χ3n) is 4.30. The highest BCUT2D eigenvalue weighted by Gasteiger charge is 2.30. The highest BCUT2D eigenvalue weighted by Crippen LogP contribution is 2.41. The highest BCUT2D eigenvalue weighted by molar-refractivity contribution is 6.03. The average Bonchev–Trinajstić information content (AvgIpc) is 2.86. The third-order valence-corrected chi connectivity index (χ3v) is 4.30. The summed E-state index contributed by atoms with van der Waals surface area (Å²) in [5.74, 6) is -0.538. The molecule has 0 saturated carbocycles. The summed E-state index contributed by atoms with van der Waals surface area (Å²) >= 11 is 0. The molecule has 138 valence electrons. The van der Waals surface area contributed by atoms with E-state index in [1.165, 1.54) is 12.2 Å². The Morgan fingerprint density at radius 1 is 1.50 bits per heavy atom. The molecule has 5 heteroatoms. The van der Waals surface area contributed by atoms with E-state index in [1.807, 2.05) is 26.0 Å². The molecule has 0 saturated heterocycles. The zero-order valence-electron chi connectivity index (χ0n) is 15.6. The van der Waals surface area contributed by atoms with E-state index < -0.39 is 0 Å². The fourth-order valence-corrected chi connectivity index (χ4v) is 3.00. The number of rotatable bonds is 7. The molecule has 1 aromatic carbocycles. The Morgan fingerprint density at radius 3 is 2.88 bits per heavy atom. The fourth-order valence-electron chi connectivity index (χ4n) is 3.00. The molecule has 0 spiro atoms. The van der Waals surface area contributed by atoms with Crippen molar-refractivity contribution in [1.82, 2.24) is 4.90 Å². The average molecular weight is 356 g/mol. The monoisotopic (exact) mass is 356 g/mol. The summed E-state index contributed by atoms with van der Waals surface area (Å²) in [7, 11) is 1.70.